The first-order chi connectivity index (χ1) is 11.4. The Bertz CT molecular complexity index is 764. The van der Waals surface area contributed by atoms with Crippen molar-refractivity contribution in [3.63, 3.8) is 0 Å². The molecule has 0 saturated heterocycles. The molecule has 0 aliphatic heterocycles. The van der Waals surface area contributed by atoms with Crippen molar-refractivity contribution in [1.29, 1.82) is 0 Å². The maximum absolute atomic E-state index is 13.2. The summed E-state index contributed by atoms with van der Waals surface area (Å²) in [7, 11) is 1.14. The molecule has 1 N–H and O–H groups in total. The van der Waals surface area contributed by atoms with Crippen LogP contribution in [0.15, 0.2) is 42.5 Å². The Kier molecular flexibility index (Phi) is 5.57. The molecule has 2 aromatic rings. The first kappa shape index (κ1) is 17.5. The number of carbonyl (C=O) groups excluding carboxylic acids is 2. The maximum atomic E-state index is 13.2. The molecule has 126 valence electrons. The number of rotatable bonds is 5. The number of hydrogen-bond donors (Lipinski definition) is 1. The van der Waals surface area contributed by atoms with Gasteiger partial charge in [-0.2, -0.15) is 0 Å². The summed E-state index contributed by atoms with van der Waals surface area (Å²) in [5.41, 5.74) is 0.318. The zero-order valence-electron chi connectivity index (χ0n) is 12.7. The average Bonchev–Trinajstić information content (AvgIpc) is 2.56. The molecule has 0 aromatic heterocycles. The Hall–Kier alpha value is -2.83. The van der Waals surface area contributed by atoms with Crippen LogP contribution in [-0.4, -0.2) is 25.0 Å². The molecule has 0 radical (unpaired) electrons. The van der Waals surface area contributed by atoms with Crippen molar-refractivity contribution in [2.75, 3.05) is 7.11 Å². The van der Waals surface area contributed by atoms with Crippen LogP contribution < -0.4 is 5.32 Å². The second-order valence-corrected chi connectivity index (χ2v) is 5.01. The van der Waals surface area contributed by atoms with Crippen molar-refractivity contribution >= 4 is 11.9 Å². The Morgan fingerprint density at radius 3 is 2.46 bits per heavy atom. The third-order valence-corrected chi connectivity index (χ3v) is 3.30. The fraction of sp³-hybridized carbons (Fsp3) is 0.176. The van der Waals surface area contributed by atoms with Gasteiger partial charge in [0.1, 0.15) is 11.9 Å². The highest BCUT2D eigenvalue weighted by Crippen LogP contribution is 2.11. The molecule has 0 heterocycles. The van der Waals surface area contributed by atoms with Crippen molar-refractivity contribution < 1.29 is 27.5 Å². The standard InChI is InChI=1S/C17H14F3NO3/c1-24-17(23)15(8-10-3-2-4-12(18)7-10)21-16(22)11-5-6-13(19)14(20)9-11/h2-7,9,15H,8H2,1H3,(H,21,22)/t15-/m0/s1. The van der Waals surface area contributed by atoms with E-state index in [1.807, 2.05) is 0 Å². The van der Waals surface area contributed by atoms with Gasteiger partial charge in [-0.25, -0.2) is 18.0 Å². The topological polar surface area (TPSA) is 55.4 Å². The van der Waals surface area contributed by atoms with E-state index in [1.165, 1.54) is 18.2 Å². The minimum absolute atomic E-state index is 0.0140. The van der Waals surface area contributed by atoms with Crippen LogP contribution in [0.1, 0.15) is 15.9 Å². The van der Waals surface area contributed by atoms with Gasteiger partial charge in [0.15, 0.2) is 11.6 Å². The van der Waals surface area contributed by atoms with E-state index < -0.39 is 35.4 Å². The Labute approximate surface area is 136 Å². The molecule has 2 rings (SSSR count). The molecule has 1 atom stereocenters. The summed E-state index contributed by atoms with van der Waals surface area (Å²) >= 11 is 0. The van der Waals surface area contributed by atoms with Crippen LogP contribution in [0.5, 0.6) is 0 Å². The van der Waals surface area contributed by atoms with E-state index in [9.17, 15) is 22.8 Å². The van der Waals surface area contributed by atoms with Gasteiger partial charge in [-0.3, -0.25) is 4.79 Å². The summed E-state index contributed by atoms with van der Waals surface area (Å²) in [5.74, 6) is -4.27. The normalized spacial score (nSPS) is 11.7. The molecule has 24 heavy (non-hydrogen) atoms. The number of hydrogen-bond acceptors (Lipinski definition) is 3. The van der Waals surface area contributed by atoms with Gasteiger partial charge in [0.2, 0.25) is 0 Å². The fourth-order valence-corrected chi connectivity index (χ4v) is 2.11. The van der Waals surface area contributed by atoms with Crippen LogP contribution >= 0.6 is 0 Å². The van der Waals surface area contributed by atoms with Crippen molar-refractivity contribution in [2.45, 2.75) is 12.5 Å². The zero-order valence-corrected chi connectivity index (χ0v) is 12.7. The van der Waals surface area contributed by atoms with Crippen LogP contribution in [0.2, 0.25) is 0 Å². The quantitative estimate of drug-likeness (QED) is 0.854. The van der Waals surface area contributed by atoms with E-state index in [2.05, 4.69) is 10.1 Å². The highest BCUT2D eigenvalue weighted by atomic mass is 19.2. The van der Waals surface area contributed by atoms with Crippen molar-refractivity contribution in [2.24, 2.45) is 0 Å². The Morgan fingerprint density at radius 2 is 1.83 bits per heavy atom. The molecule has 4 nitrogen and oxygen atoms in total. The van der Waals surface area contributed by atoms with Crippen LogP contribution in [0, 0.1) is 17.5 Å². The zero-order chi connectivity index (χ0) is 17.7. The highest BCUT2D eigenvalue weighted by molar-refractivity contribution is 5.96. The summed E-state index contributed by atoms with van der Waals surface area (Å²) in [6, 6.07) is 7.04. The lowest BCUT2D eigenvalue weighted by Crippen LogP contribution is -2.43. The van der Waals surface area contributed by atoms with Gasteiger partial charge in [-0.05, 0) is 35.9 Å². The van der Waals surface area contributed by atoms with Crippen LogP contribution in [0.25, 0.3) is 0 Å². The van der Waals surface area contributed by atoms with Gasteiger partial charge in [0, 0.05) is 12.0 Å². The molecule has 0 fully saturated rings. The molecule has 0 unspecified atom stereocenters. The largest absolute Gasteiger partial charge is 0.467 e. The summed E-state index contributed by atoms with van der Waals surface area (Å²) < 4.78 is 44.0. The maximum Gasteiger partial charge on any atom is 0.328 e. The first-order valence-corrected chi connectivity index (χ1v) is 6.99. The summed E-state index contributed by atoms with van der Waals surface area (Å²) in [6.45, 7) is 0. The van der Waals surface area contributed by atoms with Crippen LogP contribution in [0.4, 0.5) is 13.2 Å². The Morgan fingerprint density at radius 1 is 1.08 bits per heavy atom. The molecule has 1 amide bonds. The number of halogens is 3. The number of esters is 1. The predicted octanol–water partition coefficient (Wildman–Crippen LogP) is 2.62. The average molecular weight is 337 g/mol. The monoisotopic (exact) mass is 337 g/mol. The van der Waals surface area contributed by atoms with Gasteiger partial charge in [0.05, 0.1) is 7.11 Å². The molecule has 0 aliphatic carbocycles. The number of carbonyl (C=O) groups is 2. The molecule has 0 bridgehead atoms. The van der Waals surface area contributed by atoms with E-state index in [1.54, 1.807) is 6.07 Å². The fourth-order valence-electron chi connectivity index (χ4n) is 2.11. The van der Waals surface area contributed by atoms with E-state index in [-0.39, 0.29) is 12.0 Å². The minimum Gasteiger partial charge on any atom is -0.467 e. The number of methoxy groups -OCH3 is 1. The van der Waals surface area contributed by atoms with Gasteiger partial charge >= 0.3 is 5.97 Å². The predicted molar refractivity (Wildman–Crippen MR) is 79.7 cm³/mol. The van der Waals surface area contributed by atoms with E-state index in [4.69, 9.17) is 0 Å². The lowest BCUT2D eigenvalue weighted by molar-refractivity contribution is -0.142. The van der Waals surface area contributed by atoms with E-state index >= 15 is 0 Å². The van der Waals surface area contributed by atoms with E-state index in [0.717, 1.165) is 25.3 Å². The van der Waals surface area contributed by atoms with Crippen molar-refractivity contribution in [3.8, 4) is 0 Å². The molecule has 0 saturated carbocycles. The lowest BCUT2D eigenvalue weighted by atomic mass is 10.1. The van der Waals surface area contributed by atoms with Crippen molar-refractivity contribution in [1.82, 2.24) is 5.32 Å². The Balaban J connectivity index is 2.17. The second-order valence-electron chi connectivity index (χ2n) is 5.01. The third-order valence-electron chi connectivity index (χ3n) is 3.30. The smallest absolute Gasteiger partial charge is 0.328 e. The SMILES string of the molecule is COC(=O)[C@H](Cc1cccc(F)c1)NC(=O)c1ccc(F)c(F)c1. The second kappa shape index (κ2) is 7.63. The molecule has 0 spiro atoms. The molecular weight excluding hydrogens is 323 g/mol. The number of amides is 1. The molecular formula is C17H14F3NO3. The summed E-state index contributed by atoms with van der Waals surface area (Å²) in [6.07, 6.45) is -0.0140. The van der Waals surface area contributed by atoms with Gasteiger partial charge in [0.25, 0.3) is 5.91 Å². The summed E-state index contributed by atoms with van der Waals surface area (Å²) in [4.78, 5) is 23.9. The highest BCUT2D eigenvalue weighted by Gasteiger charge is 2.23. The lowest BCUT2D eigenvalue weighted by Gasteiger charge is -2.17. The van der Waals surface area contributed by atoms with Gasteiger partial charge in [-0.15, -0.1) is 0 Å². The van der Waals surface area contributed by atoms with Gasteiger partial charge in [-0.1, -0.05) is 12.1 Å². The van der Waals surface area contributed by atoms with Crippen LogP contribution in [0.3, 0.4) is 0 Å². The van der Waals surface area contributed by atoms with E-state index in [0.29, 0.717) is 5.56 Å². The summed E-state index contributed by atoms with van der Waals surface area (Å²) in [5, 5.41) is 2.37. The minimum atomic E-state index is -1.18. The third kappa shape index (κ3) is 4.34. The van der Waals surface area contributed by atoms with Crippen molar-refractivity contribution in [3.05, 3.63) is 71.0 Å². The molecule has 2 aromatic carbocycles. The van der Waals surface area contributed by atoms with Crippen LogP contribution in [-0.2, 0) is 16.0 Å². The first-order valence-electron chi connectivity index (χ1n) is 6.99. The molecule has 7 heteroatoms. The van der Waals surface area contributed by atoms with Gasteiger partial charge < -0.3 is 10.1 Å². The molecule has 0 aliphatic rings. The number of nitrogens with one attached hydrogen (secondary N) is 1. The number of ether oxygens (including phenoxy) is 1. The number of benzene rings is 2.